The quantitative estimate of drug-likeness (QED) is 0.378. The molecule has 5 nitrogen and oxygen atoms in total. The van der Waals surface area contributed by atoms with Gasteiger partial charge in [-0.15, -0.1) is 0 Å². The first-order valence-corrected chi connectivity index (χ1v) is 11.5. The summed E-state index contributed by atoms with van der Waals surface area (Å²) in [6.07, 6.45) is 0. The lowest BCUT2D eigenvalue weighted by Crippen LogP contribution is -2.19. The predicted octanol–water partition coefficient (Wildman–Crippen LogP) is 6.22. The molecule has 0 aliphatic heterocycles. The monoisotopic (exact) mass is 479 g/mol. The fraction of sp³-hybridized carbons (Fsp3) is 0.0952. The van der Waals surface area contributed by atoms with Gasteiger partial charge in [0.25, 0.3) is 10.0 Å². The van der Waals surface area contributed by atoms with Gasteiger partial charge < -0.3 is 10.6 Å². The molecule has 156 valence electrons. The topological polar surface area (TPSA) is 70.2 Å². The molecule has 0 radical (unpaired) electrons. The molecule has 0 saturated carbocycles. The third kappa shape index (κ3) is 5.64. The number of halogens is 2. The predicted molar refractivity (Wildman–Crippen MR) is 129 cm³/mol. The number of hydrogen-bond donors (Lipinski definition) is 3. The van der Waals surface area contributed by atoms with Crippen molar-refractivity contribution in [1.29, 1.82) is 0 Å². The Hall–Kier alpha value is -2.32. The van der Waals surface area contributed by atoms with E-state index in [2.05, 4.69) is 21.4 Å². The maximum atomic E-state index is 12.6. The van der Waals surface area contributed by atoms with Crippen molar-refractivity contribution in [2.45, 2.75) is 18.7 Å². The number of benzene rings is 3. The van der Waals surface area contributed by atoms with Crippen LogP contribution < -0.4 is 15.4 Å². The third-order valence-corrected chi connectivity index (χ3v) is 6.56. The number of rotatable bonds is 5. The zero-order chi connectivity index (χ0) is 21.9. The molecule has 3 rings (SSSR count). The van der Waals surface area contributed by atoms with Gasteiger partial charge in [-0.2, -0.15) is 0 Å². The van der Waals surface area contributed by atoms with Gasteiger partial charge in [0.15, 0.2) is 5.11 Å². The Kier molecular flexibility index (Phi) is 6.88. The van der Waals surface area contributed by atoms with Gasteiger partial charge in [0.2, 0.25) is 0 Å². The van der Waals surface area contributed by atoms with Crippen LogP contribution in [0.1, 0.15) is 11.1 Å². The highest BCUT2D eigenvalue weighted by molar-refractivity contribution is 7.92. The number of nitrogens with one attached hydrogen (secondary N) is 3. The molecule has 0 aliphatic carbocycles. The zero-order valence-electron chi connectivity index (χ0n) is 16.2. The van der Waals surface area contributed by atoms with E-state index in [1.54, 1.807) is 18.2 Å². The van der Waals surface area contributed by atoms with Crippen molar-refractivity contribution in [3.8, 4) is 0 Å². The second-order valence-electron chi connectivity index (χ2n) is 6.66. The average molecular weight is 480 g/mol. The van der Waals surface area contributed by atoms with E-state index < -0.39 is 10.0 Å². The normalized spacial score (nSPS) is 11.1. The van der Waals surface area contributed by atoms with Crippen LogP contribution in [0.15, 0.2) is 65.6 Å². The summed E-state index contributed by atoms with van der Waals surface area (Å²) in [7, 11) is -3.77. The summed E-state index contributed by atoms with van der Waals surface area (Å²) in [5.74, 6) is 0. The average Bonchev–Trinajstić information content (AvgIpc) is 2.67. The summed E-state index contributed by atoms with van der Waals surface area (Å²) in [6, 6.07) is 16.8. The molecular formula is C21H19Cl2N3O2S2. The van der Waals surface area contributed by atoms with Crippen LogP contribution in [0.4, 0.5) is 17.1 Å². The van der Waals surface area contributed by atoms with Crippen LogP contribution >= 0.6 is 35.4 Å². The largest absolute Gasteiger partial charge is 0.332 e. The van der Waals surface area contributed by atoms with Crippen LogP contribution in [0.2, 0.25) is 10.0 Å². The molecule has 0 aliphatic rings. The van der Waals surface area contributed by atoms with Crippen molar-refractivity contribution in [2.24, 2.45) is 0 Å². The van der Waals surface area contributed by atoms with Gasteiger partial charge in [-0.1, -0.05) is 40.9 Å². The fourth-order valence-corrected chi connectivity index (χ4v) is 4.31. The Morgan fingerprint density at radius 1 is 0.833 bits per heavy atom. The summed E-state index contributed by atoms with van der Waals surface area (Å²) in [5, 5.41) is 7.21. The molecule has 0 fully saturated rings. The molecule has 0 atom stereocenters. The molecule has 3 aromatic carbocycles. The Morgan fingerprint density at radius 3 is 2.13 bits per heavy atom. The van der Waals surface area contributed by atoms with Crippen molar-refractivity contribution in [1.82, 2.24) is 0 Å². The van der Waals surface area contributed by atoms with Crippen LogP contribution in [-0.2, 0) is 10.0 Å². The highest BCUT2D eigenvalue weighted by atomic mass is 35.5. The fourth-order valence-electron chi connectivity index (χ4n) is 2.73. The summed E-state index contributed by atoms with van der Waals surface area (Å²) in [5.41, 5.74) is 4.14. The van der Waals surface area contributed by atoms with Gasteiger partial charge >= 0.3 is 0 Å². The molecule has 3 N–H and O–H groups in total. The first kappa shape index (κ1) is 22.4. The lowest BCUT2D eigenvalue weighted by Gasteiger charge is -2.14. The van der Waals surface area contributed by atoms with Crippen LogP contribution in [0.3, 0.4) is 0 Å². The molecule has 0 aromatic heterocycles. The van der Waals surface area contributed by atoms with Crippen LogP contribution in [0.5, 0.6) is 0 Å². The Morgan fingerprint density at radius 2 is 1.50 bits per heavy atom. The minimum Gasteiger partial charge on any atom is -0.332 e. The SMILES string of the molecule is Cc1ccc(NC(=S)Nc2ccc(S(=O)(=O)Nc3ccc(Cl)c(Cl)c3)cc2)c(C)c1. The Balaban J connectivity index is 1.67. The molecule has 0 amide bonds. The molecule has 0 spiro atoms. The van der Waals surface area contributed by atoms with Crippen LogP contribution in [0.25, 0.3) is 0 Å². The number of anilines is 3. The Bertz CT molecular complexity index is 1200. The summed E-state index contributed by atoms with van der Waals surface area (Å²) < 4.78 is 27.7. The minimum absolute atomic E-state index is 0.104. The minimum atomic E-state index is -3.77. The molecular weight excluding hydrogens is 461 g/mol. The summed E-state index contributed by atoms with van der Waals surface area (Å²) in [6.45, 7) is 4.03. The highest BCUT2D eigenvalue weighted by Gasteiger charge is 2.15. The third-order valence-electron chi connectivity index (χ3n) is 4.22. The summed E-state index contributed by atoms with van der Waals surface area (Å²) in [4.78, 5) is 0.104. The van der Waals surface area contributed by atoms with E-state index in [0.29, 0.717) is 21.5 Å². The van der Waals surface area contributed by atoms with E-state index in [-0.39, 0.29) is 9.92 Å². The lowest BCUT2D eigenvalue weighted by molar-refractivity contribution is 0.601. The van der Waals surface area contributed by atoms with Crippen molar-refractivity contribution in [3.63, 3.8) is 0 Å². The molecule has 30 heavy (non-hydrogen) atoms. The van der Waals surface area contributed by atoms with Gasteiger partial charge in [0.05, 0.1) is 20.6 Å². The number of thiocarbonyl (C=S) groups is 1. The Labute approximate surface area is 191 Å². The molecule has 0 bridgehead atoms. The van der Waals surface area contributed by atoms with Gasteiger partial charge in [-0.05, 0) is 80.2 Å². The van der Waals surface area contributed by atoms with E-state index in [4.69, 9.17) is 35.4 Å². The van der Waals surface area contributed by atoms with E-state index in [1.807, 2.05) is 26.0 Å². The number of hydrogen-bond acceptors (Lipinski definition) is 3. The number of aryl methyl sites for hydroxylation is 2. The maximum Gasteiger partial charge on any atom is 0.261 e. The van der Waals surface area contributed by atoms with Crippen molar-refractivity contribution in [3.05, 3.63) is 81.8 Å². The lowest BCUT2D eigenvalue weighted by atomic mass is 10.1. The van der Waals surface area contributed by atoms with Gasteiger partial charge in [-0.3, -0.25) is 4.72 Å². The van der Waals surface area contributed by atoms with Gasteiger partial charge in [0.1, 0.15) is 0 Å². The second-order valence-corrected chi connectivity index (χ2v) is 9.56. The standard InChI is InChI=1S/C21H19Cl2N3O2S2/c1-13-3-10-20(14(2)11-13)25-21(29)24-15-4-7-17(8-5-15)30(27,28)26-16-6-9-18(22)19(23)12-16/h3-12,26H,1-2H3,(H2,24,25,29). The van der Waals surface area contributed by atoms with E-state index in [0.717, 1.165) is 11.3 Å². The maximum absolute atomic E-state index is 12.6. The second kappa shape index (κ2) is 9.22. The van der Waals surface area contributed by atoms with Crippen molar-refractivity contribution < 1.29 is 8.42 Å². The smallest absolute Gasteiger partial charge is 0.261 e. The zero-order valence-corrected chi connectivity index (χ0v) is 19.3. The molecule has 3 aromatic rings. The first-order valence-electron chi connectivity index (χ1n) is 8.87. The van der Waals surface area contributed by atoms with Crippen molar-refractivity contribution >= 4 is 67.6 Å². The summed E-state index contributed by atoms with van der Waals surface area (Å²) >= 11 is 17.2. The van der Waals surface area contributed by atoms with Crippen molar-refractivity contribution in [2.75, 3.05) is 15.4 Å². The van der Waals surface area contributed by atoms with Crippen LogP contribution in [-0.4, -0.2) is 13.5 Å². The highest BCUT2D eigenvalue weighted by Crippen LogP contribution is 2.27. The number of sulfonamides is 1. The van der Waals surface area contributed by atoms with E-state index in [9.17, 15) is 8.42 Å². The molecule has 0 saturated heterocycles. The first-order chi connectivity index (χ1) is 14.1. The molecule has 0 heterocycles. The molecule has 9 heteroatoms. The van der Waals surface area contributed by atoms with E-state index in [1.165, 1.54) is 29.8 Å². The van der Waals surface area contributed by atoms with Gasteiger partial charge in [-0.25, -0.2) is 8.42 Å². The van der Waals surface area contributed by atoms with Crippen LogP contribution in [0, 0.1) is 13.8 Å². The van der Waals surface area contributed by atoms with E-state index >= 15 is 0 Å². The molecule has 0 unspecified atom stereocenters. The van der Waals surface area contributed by atoms with Gasteiger partial charge in [0, 0.05) is 11.4 Å².